The molecule has 0 radical (unpaired) electrons. The van der Waals surface area contributed by atoms with Gasteiger partial charge < -0.3 is 20.7 Å². The molecule has 0 fully saturated rings. The van der Waals surface area contributed by atoms with Crippen LogP contribution < -0.4 is 20.7 Å². The van der Waals surface area contributed by atoms with Crippen molar-refractivity contribution in [1.29, 1.82) is 0 Å². The molecule has 0 spiro atoms. The molecule has 6 heteroatoms. The fraction of sp³-hybridized carbons (Fsp3) is 0.556. The second-order valence-electron chi connectivity index (χ2n) is 5.85. The lowest BCUT2D eigenvalue weighted by molar-refractivity contribution is -0.114. The summed E-state index contributed by atoms with van der Waals surface area (Å²) in [6.45, 7) is 6.75. The highest BCUT2D eigenvalue weighted by Crippen LogP contribution is 2.27. The quantitative estimate of drug-likeness (QED) is 0.583. The number of anilines is 2. The Morgan fingerprint density at radius 1 is 1.29 bits per heavy atom. The van der Waals surface area contributed by atoms with Crippen molar-refractivity contribution < 1.29 is 9.53 Å². The number of rotatable bonds is 9. The van der Waals surface area contributed by atoms with Crippen molar-refractivity contribution in [2.24, 2.45) is 5.92 Å². The van der Waals surface area contributed by atoms with Crippen molar-refractivity contribution in [1.82, 2.24) is 5.32 Å². The van der Waals surface area contributed by atoms with E-state index in [-0.39, 0.29) is 5.91 Å². The van der Waals surface area contributed by atoms with E-state index in [1.807, 2.05) is 6.07 Å². The Morgan fingerprint density at radius 3 is 2.62 bits per heavy atom. The molecule has 0 unspecified atom stereocenters. The van der Waals surface area contributed by atoms with E-state index in [9.17, 15) is 4.79 Å². The van der Waals surface area contributed by atoms with E-state index in [2.05, 4.69) is 29.8 Å². The predicted molar refractivity (Wildman–Crippen MR) is 105 cm³/mol. The molecule has 1 aromatic carbocycles. The fourth-order valence-electron chi connectivity index (χ4n) is 2.43. The molecule has 5 nitrogen and oxygen atoms in total. The molecule has 0 saturated heterocycles. The standard InChI is InChI=1S/C18H29N3O2S/c1-5-7-8-14(6-2)12-19-18(24)21-16-11-15(20-13(3)22)9-10-17(16)23-4/h9-11,14H,5-8,12H2,1-4H3,(H,20,22)(H2,19,21,24)/t14-/m0/s1. The van der Waals surface area contributed by atoms with E-state index in [1.165, 1.54) is 26.2 Å². The largest absolute Gasteiger partial charge is 0.495 e. The van der Waals surface area contributed by atoms with Crippen molar-refractivity contribution in [2.75, 3.05) is 24.3 Å². The van der Waals surface area contributed by atoms with Gasteiger partial charge in [0.25, 0.3) is 0 Å². The number of benzene rings is 1. The minimum absolute atomic E-state index is 0.117. The first-order chi connectivity index (χ1) is 11.5. The molecule has 24 heavy (non-hydrogen) atoms. The SMILES string of the molecule is CCCC[C@H](CC)CNC(=S)Nc1cc(NC(C)=O)ccc1OC. The Labute approximate surface area is 150 Å². The summed E-state index contributed by atoms with van der Waals surface area (Å²) in [5.74, 6) is 1.18. The van der Waals surface area contributed by atoms with E-state index in [0.717, 1.165) is 18.7 Å². The maximum atomic E-state index is 11.2. The Kier molecular flexibility index (Phi) is 9.15. The van der Waals surface area contributed by atoms with Crippen LogP contribution in [0.2, 0.25) is 0 Å². The van der Waals surface area contributed by atoms with Gasteiger partial charge in [-0.25, -0.2) is 0 Å². The number of hydrogen-bond donors (Lipinski definition) is 3. The van der Waals surface area contributed by atoms with Gasteiger partial charge in [-0.15, -0.1) is 0 Å². The number of carbonyl (C=O) groups excluding carboxylic acids is 1. The van der Waals surface area contributed by atoms with E-state index in [1.54, 1.807) is 19.2 Å². The summed E-state index contributed by atoms with van der Waals surface area (Å²) in [7, 11) is 1.60. The van der Waals surface area contributed by atoms with Crippen LogP contribution in [0.3, 0.4) is 0 Å². The van der Waals surface area contributed by atoms with Gasteiger partial charge in [0.15, 0.2) is 5.11 Å². The highest BCUT2D eigenvalue weighted by atomic mass is 32.1. The lowest BCUT2D eigenvalue weighted by Crippen LogP contribution is -2.32. The predicted octanol–water partition coefficient (Wildman–Crippen LogP) is 4.16. The van der Waals surface area contributed by atoms with E-state index >= 15 is 0 Å². The highest BCUT2D eigenvalue weighted by Gasteiger charge is 2.09. The fourth-order valence-corrected chi connectivity index (χ4v) is 2.63. The first-order valence-electron chi connectivity index (χ1n) is 8.50. The van der Waals surface area contributed by atoms with Crippen LogP contribution in [0.25, 0.3) is 0 Å². The molecule has 1 rings (SSSR count). The van der Waals surface area contributed by atoms with Crippen LogP contribution in [-0.2, 0) is 4.79 Å². The van der Waals surface area contributed by atoms with Crippen LogP contribution in [0.15, 0.2) is 18.2 Å². The third-order valence-electron chi connectivity index (χ3n) is 3.86. The minimum atomic E-state index is -0.117. The lowest BCUT2D eigenvalue weighted by atomic mass is 9.99. The van der Waals surface area contributed by atoms with Crippen LogP contribution in [0.5, 0.6) is 5.75 Å². The number of nitrogens with one attached hydrogen (secondary N) is 3. The number of thiocarbonyl (C=S) groups is 1. The third-order valence-corrected chi connectivity index (χ3v) is 4.11. The summed E-state index contributed by atoms with van der Waals surface area (Å²) in [6.07, 6.45) is 4.81. The molecule has 0 aliphatic carbocycles. The van der Waals surface area contributed by atoms with Crippen molar-refractivity contribution in [3.05, 3.63) is 18.2 Å². The molecule has 1 amide bonds. The number of carbonyl (C=O) groups is 1. The van der Waals surface area contributed by atoms with Gasteiger partial charge in [0.1, 0.15) is 5.75 Å². The van der Waals surface area contributed by atoms with Gasteiger partial charge in [0.05, 0.1) is 12.8 Å². The van der Waals surface area contributed by atoms with Gasteiger partial charge in [-0.2, -0.15) is 0 Å². The lowest BCUT2D eigenvalue weighted by Gasteiger charge is -2.18. The molecule has 0 aliphatic rings. The summed E-state index contributed by atoms with van der Waals surface area (Å²) < 4.78 is 5.34. The van der Waals surface area contributed by atoms with Crippen molar-refractivity contribution >= 4 is 34.6 Å². The van der Waals surface area contributed by atoms with Crippen LogP contribution in [0.4, 0.5) is 11.4 Å². The number of unbranched alkanes of at least 4 members (excludes halogenated alkanes) is 1. The average Bonchev–Trinajstić information content (AvgIpc) is 2.55. The van der Waals surface area contributed by atoms with Gasteiger partial charge in [-0.05, 0) is 42.8 Å². The maximum Gasteiger partial charge on any atom is 0.221 e. The average molecular weight is 352 g/mol. The van der Waals surface area contributed by atoms with Crippen LogP contribution in [0.1, 0.15) is 46.5 Å². The molecule has 0 saturated carbocycles. The minimum Gasteiger partial charge on any atom is -0.495 e. The van der Waals surface area contributed by atoms with Crippen molar-refractivity contribution in [2.45, 2.75) is 46.5 Å². The van der Waals surface area contributed by atoms with Gasteiger partial charge in [0, 0.05) is 19.2 Å². The van der Waals surface area contributed by atoms with Gasteiger partial charge >= 0.3 is 0 Å². The summed E-state index contributed by atoms with van der Waals surface area (Å²) in [6, 6.07) is 5.40. The molecule has 1 aromatic rings. The van der Waals surface area contributed by atoms with Crippen LogP contribution >= 0.6 is 12.2 Å². The zero-order chi connectivity index (χ0) is 17.9. The Morgan fingerprint density at radius 2 is 2.04 bits per heavy atom. The van der Waals surface area contributed by atoms with Crippen molar-refractivity contribution in [3.8, 4) is 5.75 Å². The Hall–Kier alpha value is -1.82. The number of methoxy groups -OCH3 is 1. The Balaban J connectivity index is 2.65. The molecular weight excluding hydrogens is 322 g/mol. The molecule has 3 N–H and O–H groups in total. The molecule has 0 heterocycles. The third kappa shape index (κ3) is 7.17. The van der Waals surface area contributed by atoms with Crippen LogP contribution in [-0.4, -0.2) is 24.7 Å². The first-order valence-corrected chi connectivity index (χ1v) is 8.91. The number of ether oxygens (including phenoxy) is 1. The van der Waals surface area contributed by atoms with E-state index < -0.39 is 0 Å². The monoisotopic (exact) mass is 351 g/mol. The molecule has 0 aliphatic heterocycles. The summed E-state index contributed by atoms with van der Waals surface area (Å²) in [4.78, 5) is 11.2. The summed E-state index contributed by atoms with van der Waals surface area (Å²) in [5.41, 5.74) is 1.42. The second-order valence-corrected chi connectivity index (χ2v) is 6.26. The number of amides is 1. The normalized spacial score (nSPS) is 11.5. The molecule has 134 valence electrons. The number of hydrogen-bond acceptors (Lipinski definition) is 3. The van der Waals surface area contributed by atoms with Gasteiger partial charge in [-0.1, -0.05) is 33.1 Å². The molecule has 0 aromatic heterocycles. The first kappa shape index (κ1) is 20.2. The zero-order valence-corrected chi connectivity index (χ0v) is 15.9. The smallest absolute Gasteiger partial charge is 0.221 e. The zero-order valence-electron chi connectivity index (χ0n) is 15.1. The van der Waals surface area contributed by atoms with Crippen molar-refractivity contribution in [3.63, 3.8) is 0 Å². The highest BCUT2D eigenvalue weighted by molar-refractivity contribution is 7.80. The second kappa shape index (κ2) is 10.9. The van der Waals surface area contributed by atoms with Crippen LogP contribution in [0, 0.1) is 5.92 Å². The molecule has 1 atom stereocenters. The van der Waals surface area contributed by atoms with E-state index in [0.29, 0.717) is 22.5 Å². The maximum absolute atomic E-state index is 11.2. The van der Waals surface area contributed by atoms with E-state index in [4.69, 9.17) is 17.0 Å². The topological polar surface area (TPSA) is 62.4 Å². The Bertz CT molecular complexity index is 549. The summed E-state index contributed by atoms with van der Waals surface area (Å²) in [5, 5.41) is 9.75. The molecule has 0 bridgehead atoms. The molecular formula is C18H29N3O2S. The van der Waals surface area contributed by atoms with Gasteiger partial charge in [0.2, 0.25) is 5.91 Å². The van der Waals surface area contributed by atoms with Gasteiger partial charge in [-0.3, -0.25) is 4.79 Å². The summed E-state index contributed by atoms with van der Waals surface area (Å²) >= 11 is 5.39.